The van der Waals surface area contributed by atoms with E-state index in [1.807, 2.05) is 0 Å². The molecule has 1 aliphatic rings. The lowest BCUT2D eigenvalue weighted by atomic mass is 10.2. The van der Waals surface area contributed by atoms with E-state index in [9.17, 15) is 0 Å². The van der Waals surface area contributed by atoms with Gasteiger partial charge in [0.2, 0.25) is 0 Å². The van der Waals surface area contributed by atoms with Gasteiger partial charge in [0.25, 0.3) is 0 Å². The van der Waals surface area contributed by atoms with Crippen molar-refractivity contribution >= 4 is 30.5 Å². The zero-order chi connectivity index (χ0) is 9.80. The molecule has 0 spiro atoms. The molecule has 1 aromatic carbocycles. The van der Waals surface area contributed by atoms with Gasteiger partial charge in [-0.2, -0.15) is 0 Å². The van der Waals surface area contributed by atoms with Crippen LogP contribution in [0.3, 0.4) is 0 Å². The highest BCUT2D eigenvalue weighted by molar-refractivity contribution is 5.85. The lowest BCUT2D eigenvalue weighted by Gasteiger charge is -2.28. The third kappa shape index (κ3) is 3.83. The van der Waals surface area contributed by atoms with Gasteiger partial charge in [-0.1, -0.05) is 12.1 Å². The Morgan fingerprint density at radius 1 is 1.06 bits per heavy atom. The number of ether oxygens (including phenoxy) is 1. The normalized spacial score (nSPS) is 14.9. The number of halogens is 2. The van der Waals surface area contributed by atoms with Crippen molar-refractivity contribution < 1.29 is 4.74 Å². The molecule has 0 radical (unpaired) electrons. The van der Waals surface area contributed by atoms with Gasteiger partial charge in [0.15, 0.2) is 0 Å². The summed E-state index contributed by atoms with van der Waals surface area (Å²) < 4.78 is 5.30. The monoisotopic (exact) mass is 264 g/mol. The van der Waals surface area contributed by atoms with Crippen LogP contribution in [0.4, 0.5) is 5.69 Å². The maximum absolute atomic E-state index is 5.54. The molecule has 92 valence electrons. The number of morpholine rings is 1. The molecular weight excluding hydrogens is 247 g/mol. The summed E-state index contributed by atoms with van der Waals surface area (Å²) in [6.45, 7) is 4.25. The molecule has 0 aromatic heterocycles. The van der Waals surface area contributed by atoms with Crippen molar-refractivity contribution in [1.82, 2.24) is 0 Å². The Kier molecular flexibility index (Phi) is 7.51. The van der Waals surface area contributed by atoms with E-state index in [-0.39, 0.29) is 24.8 Å². The molecule has 0 aliphatic carbocycles. The summed E-state index contributed by atoms with van der Waals surface area (Å²) in [7, 11) is 0. The number of benzene rings is 1. The lowest BCUT2D eigenvalue weighted by molar-refractivity contribution is 0.122. The minimum Gasteiger partial charge on any atom is -0.378 e. The molecule has 1 heterocycles. The van der Waals surface area contributed by atoms with E-state index in [1.165, 1.54) is 11.3 Å². The van der Waals surface area contributed by atoms with Crippen LogP contribution in [0.5, 0.6) is 0 Å². The highest BCUT2D eigenvalue weighted by Crippen LogP contribution is 2.16. The van der Waals surface area contributed by atoms with E-state index < -0.39 is 0 Å². The van der Waals surface area contributed by atoms with Crippen LogP contribution < -0.4 is 10.6 Å². The Labute approximate surface area is 109 Å². The van der Waals surface area contributed by atoms with E-state index >= 15 is 0 Å². The zero-order valence-electron chi connectivity index (χ0n) is 9.09. The predicted molar refractivity (Wildman–Crippen MR) is 71.9 cm³/mol. The van der Waals surface area contributed by atoms with Gasteiger partial charge in [-0.15, -0.1) is 24.8 Å². The zero-order valence-corrected chi connectivity index (χ0v) is 10.7. The highest BCUT2D eigenvalue weighted by Gasteiger charge is 2.10. The van der Waals surface area contributed by atoms with E-state index in [0.717, 1.165) is 26.3 Å². The molecule has 1 fully saturated rings. The van der Waals surface area contributed by atoms with Crippen molar-refractivity contribution in [1.29, 1.82) is 0 Å². The molecule has 1 aliphatic heterocycles. The van der Waals surface area contributed by atoms with Crippen LogP contribution >= 0.6 is 24.8 Å². The molecule has 0 amide bonds. The van der Waals surface area contributed by atoms with Crippen molar-refractivity contribution in [2.24, 2.45) is 5.73 Å². The van der Waals surface area contributed by atoms with Crippen LogP contribution in [0.25, 0.3) is 0 Å². The first-order valence-electron chi connectivity index (χ1n) is 5.02. The molecule has 2 N–H and O–H groups in total. The summed E-state index contributed by atoms with van der Waals surface area (Å²) in [5, 5.41) is 0. The molecule has 0 saturated carbocycles. The highest BCUT2D eigenvalue weighted by atomic mass is 35.5. The van der Waals surface area contributed by atoms with Crippen molar-refractivity contribution in [2.45, 2.75) is 6.54 Å². The second kappa shape index (κ2) is 7.74. The Morgan fingerprint density at radius 2 is 1.62 bits per heavy atom. The van der Waals surface area contributed by atoms with E-state index in [1.54, 1.807) is 0 Å². The largest absolute Gasteiger partial charge is 0.378 e. The first-order chi connectivity index (χ1) is 6.90. The van der Waals surface area contributed by atoms with Crippen LogP contribution in [-0.2, 0) is 11.3 Å². The standard InChI is InChI=1S/C11H16N2O.2ClH/c12-9-10-1-3-11(4-2-10)13-5-7-14-8-6-13;;/h1-4H,5-9,12H2;2*1H. The molecule has 0 bridgehead atoms. The summed E-state index contributed by atoms with van der Waals surface area (Å²) in [6, 6.07) is 8.44. The number of nitrogens with zero attached hydrogens (tertiary/aromatic N) is 1. The third-order valence-corrected chi connectivity index (χ3v) is 2.55. The SMILES string of the molecule is Cl.Cl.NCc1ccc(N2CCOCC2)cc1. The Balaban J connectivity index is 0.00000112. The summed E-state index contributed by atoms with van der Waals surface area (Å²) in [4.78, 5) is 2.34. The summed E-state index contributed by atoms with van der Waals surface area (Å²) in [6.07, 6.45) is 0. The molecule has 0 atom stereocenters. The summed E-state index contributed by atoms with van der Waals surface area (Å²) in [5.41, 5.74) is 8.00. The van der Waals surface area contributed by atoms with Gasteiger partial charge >= 0.3 is 0 Å². The fraction of sp³-hybridized carbons (Fsp3) is 0.455. The topological polar surface area (TPSA) is 38.5 Å². The average molecular weight is 265 g/mol. The minimum absolute atomic E-state index is 0. The molecular formula is C11H18Cl2N2O. The van der Waals surface area contributed by atoms with E-state index in [4.69, 9.17) is 10.5 Å². The van der Waals surface area contributed by atoms with Gasteiger partial charge in [-0.25, -0.2) is 0 Å². The fourth-order valence-corrected chi connectivity index (χ4v) is 1.66. The predicted octanol–water partition coefficient (Wildman–Crippen LogP) is 1.83. The van der Waals surface area contributed by atoms with E-state index in [0.29, 0.717) is 6.54 Å². The van der Waals surface area contributed by atoms with Gasteiger partial charge in [0.05, 0.1) is 13.2 Å². The van der Waals surface area contributed by atoms with Crippen LogP contribution in [0, 0.1) is 0 Å². The Bertz CT molecular complexity index is 287. The molecule has 3 nitrogen and oxygen atoms in total. The van der Waals surface area contributed by atoms with Crippen molar-refractivity contribution in [3.63, 3.8) is 0 Å². The maximum atomic E-state index is 5.54. The van der Waals surface area contributed by atoms with Crippen molar-refractivity contribution in [3.8, 4) is 0 Å². The lowest BCUT2D eigenvalue weighted by Crippen LogP contribution is -2.36. The quantitative estimate of drug-likeness (QED) is 0.886. The first kappa shape index (κ1) is 15.5. The molecule has 16 heavy (non-hydrogen) atoms. The van der Waals surface area contributed by atoms with Gasteiger partial charge < -0.3 is 15.4 Å². The Hall–Kier alpha value is -0.480. The van der Waals surface area contributed by atoms with Crippen LogP contribution in [0.15, 0.2) is 24.3 Å². The minimum atomic E-state index is 0. The van der Waals surface area contributed by atoms with Gasteiger partial charge in [-0.3, -0.25) is 0 Å². The average Bonchev–Trinajstić information content (AvgIpc) is 2.30. The smallest absolute Gasteiger partial charge is 0.0642 e. The number of hydrogen-bond donors (Lipinski definition) is 1. The molecule has 0 unspecified atom stereocenters. The Morgan fingerprint density at radius 3 is 2.12 bits per heavy atom. The maximum Gasteiger partial charge on any atom is 0.0642 e. The second-order valence-electron chi connectivity index (χ2n) is 3.47. The summed E-state index contributed by atoms with van der Waals surface area (Å²) in [5.74, 6) is 0. The number of hydrogen-bond acceptors (Lipinski definition) is 3. The number of nitrogens with two attached hydrogens (primary N) is 1. The fourth-order valence-electron chi connectivity index (χ4n) is 1.66. The van der Waals surface area contributed by atoms with Crippen LogP contribution in [-0.4, -0.2) is 26.3 Å². The van der Waals surface area contributed by atoms with Crippen LogP contribution in [0.2, 0.25) is 0 Å². The molecule has 1 aromatic rings. The number of anilines is 1. The third-order valence-electron chi connectivity index (χ3n) is 2.55. The number of rotatable bonds is 2. The van der Waals surface area contributed by atoms with Crippen molar-refractivity contribution in [2.75, 3.05) is 31.2 Å². The van der Waals surface area contributed by atoms with Gasteiger partial charge in [-0.05, 0) is 17.7 Å². The molecule has 1 saturated heterocycles. The molecule has 5 heteroatoms. The first-order valence-corrected chi connectivity index (χ1v) is 5.02. The second-order valence-corrected chi connectivity index (χ2v) is 3.47. The summed E-state index contributed by atoms with van der Waals surface area (Å²) >= 11 is 0. The molecule has 2 rings (SSSR count). The van der Waals surface area contributed by atoms with Gasteiger partial charge in [0, 0.05) is 25.3 Å². The van der Waals surface area contributed by atoms with Crippen LogP contribution in [0.1, 0.15) is 5.56 Å². The van der Waals surface area contributed by atoms with Gasteiger partial charge in [0.1, 0.15) is 0 Å². The van der Waals surface area contributed by atoms with E-state index in [2.05, 4.69) is 29.2 Å². The van der Waals surface area contributed by atoms with Crippen molar-refractivity contribution in [3.05, 3.63) is 29.8 Å².